The molecule has 8 heteroatoms. The van der Waals surface area contributed by atoms with Crippen molar-refractivity contribution in [2.75, 3.05) is 24.7 Å². The average molecular weight is 425 g/mol. The minimum absolute atomic E-state index is 0.149. The van der Waals surface area contributed by atoms with Crippen molar-refractivity contribution in [2.24, 2.45) is 5.92 Å². The van der Waals surface area contributed by atoms with Gasteiger partial charge in [-0.3, -0.25) is 4.79 Å². The van der Waals surface area contributed by atoms with Crippen LogP contribution in [-0.2, 0) is 14.8 Å². The predicted octanol–water partition coefficient (Wildman–Crippen LogP) is 4.10. The number of thioether (sulfide) groups is 1. The van der Waals surface area contributed by atoms with Gasteiger partial charge in [0, 0.05) is 28.7 Å². The zero-order valence-corrected chi connectivity index (χ0v) is 17.3. The number of nitrogens with zero attached hydrogens (tertiary/aromatic N) is 1. The molecular formula is C19H21ClN2O3S2. The predicted molar refractivity (Wildman–Crippen MR) is 110 cm³/mol. The van der Waals surface area contributed by atoms with Gasteiger partial charge < -0.3 is 5.32 Å². The Morgan fingerprint density at radius 1 is 1.22 bits per heavy atom. The summed E-state index contributed by atoms with van der Waals surface area (Å²) in [6.45, 7) is 0.593. The molecule has 0 aromatic heterocycles. The number of halogens is 1. The molecule has 1 atom stereocenters. The second-order valence-corrected chi connectivity index (χ2v) is 9.63. The second-order valence-electron chi connectivity index (χ2n) is 6.38. The van der Waals surface area contributed by atoms with Crippen molar-refractivity contribution in [3.05, 3.63) is 53.6 Å². The molecule has 1 heterocycles. The Bertz CT molecular complexity index is 917. The lowest BCUT2D eigenvalue weighted by Crippen LogP contribution is -2.43. The highest BCUT2D eigenvalue weighted by atomic mass is 35.5. The molecular weight excluding hydrogens is 404 g/mol. The van der Waals surface area contributed by atoms with Crippen LogP contribution >= 0.6 is 23.4 Å². The number of carbonyl (C=O) groups is 1. The van der Waals surface area contributed by atoms with Crippen LogP contribution < -0.4 is 5.32 Å². The van der Waals surface area contributed by atoms with Gasteiger partial charge in [-0.15, -0.1) is 11.8 Å². The van der Waals surface area contributed by atoms with E-state index in [0.29, 0.717) is 24.4 Å². The van der Waals surface area contributed by atoms with Gasteiger partial charge in [0.1, 0.15) is 0 Å². The summed E-state index contributed by atoms with van der Waals surface area (Å²) in [5, 5.41) is 3.40. The summed E-state index contributed by atoms with van der Waals surface area (Å²) in [7, 11) is -3.64. The number of hydrogen-bond acceptors (Lipinski definition) is 4. The maximum atomic E-state index is 12.9. The first kappa shape index (κ1) is 20.2. The number of piperidine rings is 1. The fourth-order valence-corrected chi connectivity index (χ4v) is 5.18. The lowest BCUT2D eigenvalue weighted by Gasteiger charge is -2.31. The Kier molecular flexibility index (Phi) is 6.47. The van der Waals surface area contributed by atoms with Crippen LogP contribution in [0.5, 0.6) is 0 Å². The zero-order valence-electron chi connectivity index (χ0n) is 14.9. The standard InChI is InChI=1S/C19H21ClN2O3S2/c1-26-17-6-2-5-16(12-17)21-19(23)14-4-3-11-22(13-14)27(24,25)18-9-7-15(20)8-10-18/h2,5-10,12,14H,3-4,11,13H2,1H3,(H,21,23)/t14-/m0/s1. The third-order valence-electron chi connectivity index (χ3n) is 4.54. The minimum atomic E-state index is -3.64. The lowest BCUT2D eigenvalue weighted by molar-refractivity contribution is -0.120. The number of carbonyl (C=O) groups excluding carboxylic acids is 1. The highest BCUT2D eigenvalue weighted by molar-refractivity contribution is 7.98. The van der Waals surface area contributed by atoms with Gasteiger partial charge in [0.15, 0.2) is 0 Å². The van der Waals surface area contributed by atoms with Crippen LogP contribution in [-0.4, -0.2) is 38.0 Å². The Labute approximate surface area is 169 Å². The molecule has 0 unspecified atom stereocenters. The summed E-state index contributed by atoms with van der Waals surface area (Å²) in [6.07, 6.45) is 3.29. The zero-order chi connectivity index (χ0) is 19.4. The molecule has 0 saturated carbocycles. The van der Waals surface area contributed by atoms with Gasteiger partial charge in [0.05, 0.1) is 10.8 Å². The number of anilines is 1. The van der Waals surface area contributed by atoms with Crippen LogP contribution in [0.2, 0.25) is 5.02 Å². The Balaban J connectivity index is 1.71. The van der Waals surface area contributed by atoms with E-state index in [9.17, 15) is 13.2 Å². The number of amides is 1. The highest BCUT2D eigenvalue weighted by Gasteiger charge is 2.33. The molecule has 1 fully saturated rings. The second kappa shape index (κ2) is 8.65. The molecule has 1 amide bonds. The molecule has 1 saturated heterocycles. The van der Waals surface area contributed by atoms with E-state index in [4.69, 9.17) is 11.6 Å². The summed E-state index contributed by atoms with van der Waals surface area (Å²) in [4.78, 5) is 13.9. The molecule has 5 nitrogen and oxygen atoms in total. The van der Waals surface area contributed by atoms with E-state index in [-0.39, 0.29) is 23.3 Å². The van der Waals surface area contributed by atoms with E-state index in [0.717, 1.165) is 10.6 Å². The molecule has 1 aliphatic rings. The fourth-order valence-electron chi connectivity index (χ4n) is 3.08. The number of sulfonamides is 1. The number of nitrogens with one attached hydrogen (secondary N) is 1. The van der Waals surface area contributed by atoms with E-state index in [1.807, 2.05) is 30.5 Å². The van der Waals surface area contributed by atoms with Gasteiger partial charge >= 0.3 is 0 Å². The first-order valence-electron chi connectivity index (χ1n) is 8.61. The molecule has 2 aromatic carbocycles. The number of rotatable bonds is 5. The topological polar surface area (TPSA) is 66.5 Å². The van der Waals surface area contributed by atoms with Crippen molar-refractivity contribution in [2.45, 2.75) is 22.6 Å². The van der Waals surface area contributed by atoms with Gasteiger partial charge in [-0.05, 0) is 61.6 Å². The molecule has 0 aliphatic carbocycles. The van der Waals surface area contributed by atoms with E-state index in [2.05, 4.69) is 5.32 Å². The highest BCUT2D eigenvalue weighted by Crippen LogP contribution is 2.26. The van der Waals surface area contributed by atoms with Gasteiger partial charge in [-0.25, -0.2) is 8.42 Å². The molecule has 144 valence electrons. The molecule has 0 spiro atoms. The third-order valence-corrected chi connectivity index (χ3v) is 7.40. The first-order valence-corrected chi connectivity index (χ1v) is 11.6. The van der Waals surface area contributed by atoms with E-state index >= 15 is 0 Å². The third kappa shape index (κ3) is 4.85. The van der Waals surface area contributed by atoms with Crippen LogP contribution in [0.25, 0.3) is 0 Å². The molecule has 0 radical (unpaired) electrons. The summed E-state index contributed by atoms with van der Waals surface area (Å²) < 4.78 is 27.1. The monoisotopic (exact) mass is 424 g/mol. The largest absolute Gasteiger partial charge is 0.326 e. The van der Waals surface area contributed by atoms with Crippen LogP contribution in [0.15, 0.2) is 58.3 Å². The molecule has 1 aliphatic heterocycles. The van der Waals surface area contributed by atoms with Crippen molar-refractivity contribution in [1.29, 1.82) is 0 Å². The van der Waals surface area contributed by atoms with Crippen LogP contribution in [0.1, 0.15) is 12.8 Å². The van der Waals surface area contributed by atoms with Gasteiger partial charge in [-0.2, -0.15) is 4.31 Å². The van der Waals surface area contributed by atoms with Crippen LogP contribution in [0.4, 0.5) is 5.69 Å². The van der Waals surface area contributed by atoms with E-state index in [1.165, 1.54) is 16.4 Å². The summed E-state index contributed by atoms with van der Waals surface area (Å²) in [6, 6.07) is 13.7. The van der Waals surface area contributed by atoms with Crippen LogP contribution in [0.3, 0.4) is 0 Å². The average Bonchev–Trinajstić information content (AvgIpc) is 2.68. The van der Waals surface area contributed by atoms with Crippen molar-refractivity contribution in [3.8, 4) is 0 Å². The molecule has 2 aromatic rings. The van der Waals surface area contributed by atoms with Crippen LogP contribution in [0, 0.1) is 5.92 Å². The Hall–Kier alpha value is -1.54. The molecule has 27 heavy (non-hydrogen) atoms. The van der Waals surface area contributed by atoms with Crippen molar-refractivity contribution >= 4 is 45.0 Å². The normalized spacial score (nSPS) is 18.2. The lowest BCUT2D eigenvalue weighted by atomic mass is 9.99. The molecule has 1 N–H and O–H groups in total. The van der Waals surface area contributed by atoms with Gasteiger partial charge in [0.25, 0.3) is 0 Å². The van der Waals surface area contributed by atoms with Gasteiger partial charge in [0.2, 0.25) is 15.9 Å². The minimum Gasteiger partial charge on any atom is -0.326 e. The molecule has 0 bridgehead atoms. The van der Waals surface area contributed by atoms with E-state index < -0.39 is 10.0 Å². The molecule has 3 rings (SSSR count). The summed E-state index contributed by atoms with van der Waals surface area (Å²) in [5.74, 6) is -0.525. The maximum Gasteiger partial charge on any atom is 0.243 e. The van der Waals surface area contributed by atoms with E-state index in [1.54, 1.807) is 23.9 Å². The smallest absolute Gasteiger partial charge is 0.243 e. The summed E-state index contributed by atoms with van der Waals surface area (Å²) >= 11 is 7.45. The number of hydrogen-bond donors (Lipinski definition) is 1. The number of benzene rings is 2. The Morgan fingerprint density at radius 2 is 1.96 bits per heavy atom. The Morgan fingerprint density at radius 3 is 2.67 bits per heavy atom. The summed E-state index contributed by atoms with van der Waals surface area (Å²) in [5.41, 5.74) is 0.726. The van der Waals surface area contributed by atoms with Crippen molar-refractivity contribution < 1.29 is 13.2 Å². The SMILES string of the molecule is CSc1cccc(NC(=O)[C@H]2CCCN(S(=O)(=O)c3ccc(Cl)cc3)C2)c1. The van der Waals surface area contributed by atoms with Crippen molar-refractivity contribution in [3.63, 3.8) is 0 Å². The quantitative estimate of drug-likeness (QED) is 0.734. The first-order chi connectivity index (χ1) is 12.9. The fraction of sp³-hybridized carbons (Fsp3) is 0.316. The van der Waals surface area contributed by atoms with Crippen molar-refractivity contribution in [1.82, 2.24) is 4.31 Å². The maximum absolute atomic E-state index is 12.9. The van der Waals surface area contributed by atoms with Gasteiger partial charge in [-0.1, -0.05) is 17.7 Å².